The van der Waals surface area contributed by atoms with Gasteiger partial charge in [0, 0.05) is 39.1 Å². The Kier molecular flexibility index (Phi) is 5.77. The van der Waals surface area contributed by atoms with Gasteiger partial charge in [-0.2, -0.15) is 0 Å². The second-order valence-electron chi connectivity index (χ2n) is 11.9. The molecule has 0 fully saturated rings. The standard InChI is InChI=1S/C42H24N4O2/c1-3-11-27(12-4-1)39-44-40(29-21-20-26-19-18-25-10-7-8-15-30(25)32(26)22-29)46-41(45-39)31-16-9-17-35-38(31)33-23-34-37(24-36(33)47-35)48-42(43-34)28-13-5-2-6-14-28/h1-24H. The van der Waals surface area contributed by atoms with Gasteiger partial charge in [0.15, 0.2) is 23.1 Å². The van der Waals surface area contributed by atoms with E-state index in [1.807, 2.05) is 91.0 Å². The molecule has 10 aromatic rings. The van der Waals surface area contributed by atoms with Gasteiger partial charge < -0.3 is 8.83 Å². The lowest BCUT2D eigenvalue weighted by Gasteiger charge is -2.10. The summed E-state index contributed by atoms with van der Waals surface area (Å²) in [6.45, 7) is 0. The molecule has 224 valence electrons. The molecule has 0 aliphatic heterocycles. The molecule has 48 heavy (non-hydrogen) atoms. The van der Waals surface area contributed by atoms with E-state index in [0.29, 0.717) is 34.5 Å². The lowest BCUT2D eigenvalue weighted by molar-refractivity contribution is 0.617. The average molecular weight is 617 g/mol. The van der Waals surface area contributed by atoms with Crippen LogP contribution < -0.4 is 0 Å². The van der Waals surface area contributed by atoms with Gasteiger partial charge in [-0.1, -0.05) is 109 Å². The Hall–Kier alpha value is -6.66. The number of aromatic nitrogens is 4. The Morgan fingerprint density at radius 1 is 0.375 bits per heavy atom. The first kappa shape index (κ1) is 26.5. The number of oxazole rings is 1. The molecule has 0 unspecified atom stereocenters. The van der Waals surface area contributed by atoms with Crippen LogP contribution in [0.15, 0.2) is 154 Å². The van der Waals surface area contributed by atoms with Crippen molar-refractivity contribution in [3.05, 3.63) is 146 Å². The number of furan rings is 1. The zero-order valence-corrected chi connectivity index (χ0v) is 25.5. The summed E-state index contributed by atoms with van der Waals surface area (Å²) in [6.07, 6.45) is 0. The van der Waals surface area contributed by atoms with Crippen molar-refractivity contribution in [2.75, 3.05) is 0 Å². The molecule has 3 heterocycles. The molecular weight excluding hydrogens is 592 g/mol. The monoisotopic (exact) mass is 616 g/mol. The Morgan fingerprint density at radius 2 is 1.06 bits per heavy atom. The third-order valence-corrected chi connectivity index (χ3v) is 8.94. The van der Waals surface area contributed by atoms with Crippen molar-refractivity contribution in [1.29, 1.82) is 0 Å². The van der Waals surface area contributed by atoms with E-state index in [0.717, 1.165) is 49.5 Å². The zero-order valence-electron chi connectivity index (χ0n) is 25.5. The van der Waals surface area contributed by atoms with E-state index in [1.165, 1.54) is 16.2 Å². The molecule has 0 amide bonds. The summed E-state index contributed by atoms with van der Waals surface area (Å²) in [7, 11) is 0. The second-order valence-corrected chi connectivity index (χ2v) is 11.9. The second kappa shape index (κ2) is 10.4. The molecule has 3 aromatic heterocycles. The first-order chi connectivity index (χ1) is 23.7. The van der Waals surface area contributed by atoms with Crippen molar-refractivity contribution >= 4 is 54.6 Å². The van der Waals surface area contributed by atoms with E-state index >= 15 is 0 Å². The SMILES string of the molecule is c1ccc(-c2nc(-c3ccc4ccc5ccccc5c4c3)nc(-c3cccc4oc5cc6oc(-c7ccccc7)nc6cc5c34)n2)cc1. The normalized spacial score (nSPS) is 11.8. The van der Waals surface area contributed by atoms with Crippen LogP contribution in [0.3, 0.4) is 0 Å². The smallest absolute Gasteiger partial charge is 0.227 e. The quantitative estimate of drug-likeness (QED) is 0.183. The van der Waals surface area contributed by atoms with Crippen molar-refractivity contribution in [1.82, 2.24) is 19.9 Å². The Bertz CT molecular complexity index is 2840. The van der Waals surface area contributed by atoms with Gasteiger partial charge in [-0.15, -0.1) is 0 Å². The number of hydrogen-bond acceptors (Lipinski definition) is 6. The van der Waals surface area contributed by atoms with Crippen molar-refractivity contribution in [2.24, 2.45) is 0 Å². The maximum Gasteiger partial charge on any atom is 0.227 e. The molecule has 0 aliphatic carbocycles. The van der Waals surface area contributed by atoms with Gasteiger partial charge >= 0.3 is 0 Å². The molecule has 0 atom stereocenters. The lowest BCUT2D eigenvalue weighted by atomic mass is 9.99. The minimum absolute atomic E-state index is 0.565. The maximum absolute atomic E-state index is 6.40. The Labute approximate surface area is 274 Å². The first-order valence-corrected chi connectivity index (χ1v) is 15.8. The summed E-state index contributed by atoms with van der Waals surface area (Å²) in [6, 6.07) is 49.1. The molecule has 0 spiro atoms. The summed E-state index contributed by atoms with van der Waals surface area (Å²) in [5, 5.41) is 6.54. The largest absolute Gasteiger partial charge is 0.456 e. The predicted octanol–water partition coefficient (Wildman–Crippen LogP) is 10.9. The Balaban J connectivity index is 1.20. The highest BCUT2D eigenvalue weighted by atomic mass is 16.4. The third-order valence-electron chi connectivity index (χ3n) is 8.94. The number of rotatable bonds is 4. The lowest BCUT2D eigenvalue weighted by Crippen LogP contribution is -2.00. The molecule has 0 bridgehead atoms. The minimum Gasteiger partial charge on any atom is -0.456 e. The molecule has 7 aromatic carbocycles. The van der Waals surface area contributed by atoms with Gasteiger partial charge in [0.2, 0.25) is 5.89 Å². The highest BCUT2D eigenvalue weighted by Gasteiger charge is 2.20. The van der Waals surface area contributed by atoms with Gasteiger partial charge in [0.05, 0.1) is 0 Å². The van der Waals surface area contributed by atoms with E-state index in [2.05, 4.69) is 54.6 Å². The number of hydrogen-bond donors (Lipinski definition) is 0. The van der Waals surface area contributed by atoms with Crippen LogP contribution >= 0.6 is 0 Å². The van der Waals surface area contributed by atoms with Crippen LogP contribution in [0.4, 0.5) is 0 Å². The summed E-state index contributed by atoms with van der Waals surface area (Å²) in [5.74, 6) is 2.34. The van der Waals surface area contributed by atoms with Gasteiger partial charge in [0.25, 0.3) is 0 Å². The van der Waals surface area contributed by atoms with Crippen LogP contribution in [0.2, 0.25) is 0 Å². The maximum atomic E-state index is 6.40. The molecule has 0 saturated heterocycles. The zero-order chi connectivity index (χ0) is 31.6. The van der Waals surface area contributed by atoms with Crippen molar-refractivity contribution in [3.8, 4) is 45.6 Å². The molecule has 6 nitrogen and oxygen atoms in total. The molecular formula is C42H24N4O2. The fourth-order valence-electron chi connectivity index (χ4n) is 6.62. The van der Waals surface area contributed by atoms with Gasteiger partial charge in [-0.3, -0.25) is 0 Å². The van der Waals surface area contributed by atoms with Gasteiger partial charge in [0.1, 0.15) is 16.7 Å². The van der Waals surface area contributed by atoms with E-state index in [1.54, 1.807) is 0 Å². The summed E-state index contributed by atoms with van der Waals surface area (Å²) in [4.78, 5) is 20.0. The average Bonchev–Trinajstić information content (AvgIpc) is 3.74. The summed E-state index contributed by atoms with van der Waals surface area (Å²) < 4.78 is 12.6. The van der Waals surface area contributed by atoms with E-state index in [-0.39, 0.29) is 0 Å². The highest BCUT2D eigenvalue weighted by molar-refractivity contribution is 6.14. The van der Waals surface area contributed by atoms with Crippen LogP contribution in [0.1, 0.15) is 0 Å². The summed E-state index contributed by atoms with van der Waals surface area (Å²) >= 11 is 0. The number of nitrogens with zero attached hydrogens (tertiary/aromatic N) is 4. The van der Waals surface area contributed by atoms with Crippen molar-refractivity contribution < 1.29 is 8.83 Å². The molecule has 6 heteroatoms. The van der Waals surface area contributed by atoms with E-state index < -0.39 is 0 Å². The number of fused-ring (bicyclic) bond motifs is 7. The van der Waals surface area contributed by atoms with Crippen molar-refractivity contribution in [3.63, 3.8) is 0 Å². The fourth-order valence-corrected chi connectivity index (χ4v) is 6.62. The minimum atomic E-state index is 0.565. The van der Waals surface area contributed by atoms with Crippen LogP contribution in [0.25, 0.3) is 100 Å². The van der Waals surface area contributed by atoms with Crippen molar-refractivity contribution in [2.45, 2.75) is 0 Å². The third kappa shape index (κ3) is 4.27. The summed E-state index contributed by atoms with van der Waals surface area (Å²) in [5.41, 5.74) is 6.46. The molecule has 10 rings (SSSR count). The first-order valence-electron chi connectivity index (χ1n) is 15.8. The van der Waals surface area contributed by atoms with Crippen LogP contribution in [-0.2, 0) is 0 Å². The topological polar surface area (TPSA) is 77.8 Å². The van der Waals surface area contributed by atoms with Crippen LogP contribution in [0.5, 0.6) is 0 Å². The number of benzene rings is 7. The molecule has 0 saturated carbocycles. The molecule has 0 aliphatic rings. The molecule has 0 radical (unpaired) electrons. The fraction of sp³-hybridized carbons (Fsp3) is 0. The highest BCUT2D eigenvalue weighted by Crippen LogP contribution is 2.39. The van der Waals surface area contributed by atoms with E-state index in [9.17, 15) is 0 Å². The Morgan fingerprint density at radius 3 is 1.90 bits per heavy atom. The van der Waals surface area contributed by atoms with Gasteiger partial charge in [-0.05, 0) is 51.9 Å². The van der Waals surface area contributed by atoms with Crippen LogP contribution in [-0.4, -0.2) is 19.9 Å². The van der Waals surface area contributed by atoms with Gasteiger partial charge in [-0.25, -0.2) is 19.9 Å². The predicted molar refractivity (Wildman–Crippen MR) is 191 cm³/mol. The van der Waals surface area contributed by atoms with E-state index in [4.69, 9.17) is 28.8 Å². The van der Waals surface area contributed by atoms with Crippen LogP contribution in [0, 0.1) is 0 Å². The molecule has 0 N–H and O–H groups in total.